The van der Waals surface area contributed by atoms with Gasteiger partial charge in [-0.25, -0.2) is 9.18 Å². The van der Waals surface area contributed by atoms with Crippen molar-refractivity contribution in [2.45, 2.75) is 18.6 Å². The van der Waals surface area contributed by atoms with Gasteiger partial charge in [0, 0.05) is 17.7 Å². The summed E-state index contributed by atoms with van der Waals surface area (Å²) in [5, 5.41) is 31.1. The molecule has 1 aromatic heterocycles. The van der Waals surface area contributed by atoms with Gasteiger partial charge in [-0.3, -0.25) is 4.98 Å². The maximum Gasteiger partial charge on any atom is 0.338 e. The van der Waals surface area contributed by atoms with Crippen LogP contribution >= 0.6 is 0 Å². The third-order valence-electron chi connectivity index (χ3n) is 2.38. The summed E-state index contributed by atoms with van der Waals surface area (Å²) in [5.74, 6) is -2.71. The standard InChI is InChI=1S/C10H11FN4O4/c11-7-5(10(18)19)1-3-13-8(7)9(17)6(16)2-4-14-15-12/h1,3,6,9,16-17H,2,4H2,(H,18,19). The molecule has 0 spiro atoms. The highest BCUT2D eigenvalue weighted by atomic mass is 19.1. The Morgan fingerprint density at radius 1 is 1.58 bits per heavy atom. The molecule has 3 N–H and O–H groups in total. The van der Waals surface area contributed by atoms with Crippen LogP contribution in [0.2, 0.25) is 0 Å². The first-order chi connectivity index (χ1) is 8.99. The third-order valence-corrected chi connectivity index (χ3v) is 2.38. The molecule has 0 bridgehead atoms. The average molecular weight is 270 g/mol. The summed E-state index contributed by atoms with van der Waals surface area (Å²) in [6.45, 7) is -0.0883. The van der Waals surface area contributed by atoms with E-state index in [9.17, 15) is 19.4 Å². The van der Waals surface area contributed by atoms with Gasteiger partial charge < -0.3 is 15.3 Å². The topological polar surface area (TPSA) is 139 Å². The lowest BCUT2D eigenvalue weighted by molar-refractivity contribution is 0.0101. The molecule has 2 atom stereocenters. The van der Waals surface area contributed by atoms with Crippen molar-refractivity contribution in [2.75, 3.05) is 6.54 Å². The van der Waals surface area contributed by atoms with Crippen molar-refractivity contribution in [1.82, 2.24) is 4.98 Å². The van der Waals surface area contributed by atoms with Gasteiger partial charge in [-0.15, -0.1) is 0 Å². The Morgan fingerprint density at radius 3 is 2.84 bits per heavy atom. The minimum absolute atomic E-state index is 0.0883. The van der Waals surface area contributed by atoms with Gasteiger partial charge in [0.1, 0.15) is 11.8 Å². The maximum atomic E-state index is 13.7. The number of carbonyl (C=O) groups is 1. The van der Waals surface area contributed by atoms with E-state index >= 15 is 0 Å². The Kier molecular flexibility index (Phi) is 5.19. The highest BCUT2D eigenvalue weighted by molar-refractivity contribution is 5.87. The van der Waals surface area contributed by atoms with Crippen molar-refractivity contribution in [1.29, 1.82) is 0 Å². The van der Waals surface area contributed by atoms with Crippen molar-refractivity contribution in [3.63, 3.8) is 0 Å². The van der Waals surface area contributed by atoms with E-state index in [1.807, 2.05) is 0 Å². The molecule has 1 aromatic rings. The number of hydrogen-bond acceptors (Lipinski definition) is 5. The van der Waals surface area contributed by atoms with Gasteiger partial charge in [0.2, 0.25) is 0 Å². The predicted molar refractivity (Wildman–Crippen MR) is 60.8 cm³/mol. The van der Waals surface area contributed by atoms with Gasteiger partial charge >= 0.3 is 5.97 Å². The zero-order chi connectivity index (χ0) is 14.4. The van der Waals surface area contributed by atoms with E-state index < -0.39 is 35.3 Å². The van der Waals surface area contributed by atoms with Crippen LogP contribution in [0.25, 0.3) is 10.4 Å². The number of aliphatic hydroxyl groups is 2. The van der Waals surface area contributed by atoms with Crippen LogP contribution in [-0.4, -0.2) is 38.9 Å². The summed E-state index contributed by atoms with van der Waals surface area (Å²) in [5.41, 5.74) is 6.84. The molecule has 2 unspecified atom stereocenters. The summed E-state index contributed by atoms with van der Waals surface area (Å²) in [7, 11) is 0. The number of carboxylic acids is 1. The van der Waals surface area contributed by atoms with E-state index in [1.54, 1.807) is 0 Å². The van der Waals surface area contributed by atoms with E-state index in [-0.39, 0.29) is 13.0 Å². The van der Waals surface area contributed by atoms with E-state index in [2.05, 4.69) is 15.0 Å². The van der Waals surface area contributed by atoms with Crippen molar-refractivity contribution < 1.29 is 24.5 Å². The quantitative estimate of drug-likeness (QED) is 0.402. The number of aromatic carboxylic acids is 1. The van der Waals surface area contributed by atoms with Gasteiger partial charge in [-0.05, 0) is 18.0 Å². The van der Waals surface area contributed by atoms with E-state index in [1.165, 1.54) is 0 Å². The second-order valence-electron chi connectivity index (χ2n) is 3.62. The molecule has 0 aliphatic carbocycles. The fourth-order valence-corrected chi connectivity index (χ4v) is 1.41. The molecule has 0 aliphatic heterocycles. The third kappa shape index (κ3) is 3.62. The number of pyridine rings is 1. The monoisotopic (exact) mass is 270 g/mol. The van der Waals surface area contributed by atoms with Gasteiger partial charge in [-0.2, -0.15) is 0 Å². The fraction of sp³-hybridized carbons (Fsp3) is 0.400. The Bertz CT molecular complexity index is 518. The molecular formula is C10H11FN4O4. The molecule has 0 saturated heterocycles. The number of carboxylic acid groups (broad SMARTS) is 1. The lowest BCUT2D eigenvalue weighted by Crippen LogP contribution is -2.22. The van der Waals surface area contributed by atoms with Crippen LogP contribution in [0.4, 0.5) is 4.39 Å². The predicted octanol–water partition coefficient (Wildman–Crippen LogP) is 1.01. The Morgan fingerprint density at radius 2 is 2.26 bits per heavy atom. The second kappa shape index (κ2) is 6.64. The van der Waals surface area contributed by atoms with Crippen molar-refractivity contribution in [2.24, 2.45) is 5.11 Å². The van der Waals surface area contributed by atoms with Gasteiger partial charge in [0.25, 0.3) is 0 Å². The molecule has 0 aromatic carbocycles. The van der Waals surface area contributed by atoms with Crippen LogP contribution in [0.1, 0.15) is 28.6 Å². The average Bonchev–Trinajstić information content (AvgIpc) is 2.38. The smallest absolute Gasteiger partial charge is 0.338 e. The molecule has 0 fully saturated rings. The summed E-state index contributed by atoms with van der Waals surface area (Å²) >= 11 is 0. The number of halogens is 1. The van der Waals surface area contributed by atoms with Crippen LogP contribution in [0.15, 0.2) is 17.4 Å². The molecule has 0 amide bonds. The highest BCUT2D eigenvalue weighted by Gasteiger charge is 2.25. The Balaban J connectivity index is 2.93. The first kappa shape index (κ1) is 14.8. The number of rotatable bonds is 6. The van der Waals surface area contributed by atoms with E-state index in [4.69, 9.17) is 10.6 Å². The molecule has 0 saturated carbocycles. The number of nitrogens with zero attached hydrogens (tertiary/aromatic N) is 4. The summed E-state index contributed by atoms with van der Waals surface area (Å²) in [6, 6.07) is 0.945. The molecule has 0 aliphatic rings. The normalized spacial score (nSPS) is 13.4. The van der Waals surface area contributed by atoms with Crippen molar-refractivity contribution in [3.05, 3.63) is 39.8 Å². The molecule has 1 rings (SSSR count). The lowest BCUT2D eigenvalue weighted by Gasteiger charge is -2.17. The number of aliphatic hydroxyl groups excluding tert-OH is 2. The summed E-state index contributed by atoms with van der Waals surface area (Å²) in [4.78, 5) is 16.7. The fourth-order valence-electron chi connectivity index (χ4n) is 1.41. The van der Waals surface area contributed by atoms with Crippen molar-refractivity contribution in [3.8, 4) is 0 Å². The molecule has 0 radical (unpaired) electrons. The molecule has 1 heterocycles. The van der Waals surface area contributed by atoms with Gasteiger partial charge in [0.05, 0.1) is 11.7 Å². The van der Waals surface area contributed by atoms with E-state index in [0.29, 0.717) is 0 Å². The van der Waals surface area contributed by atoms with E-state index in [0.717, 1.165) is 12.3 Å². The Labute approximate surface area is 106 Å². The van der Waals surface area contributed by atoms with Gasteiger partial charge in [-0.1, -0.05) is 5.11 Å². The maximum absolute atomic E-state index is 13.7. The number of aromatic nitrogens is 1. The zero-order valence-corrected chi connectivity index (χ0v) is 9.64. The number of hydrogen-bond donors (Lipinski definition) is 3. The SMILES string of the molecule is [N-]=[N+]=NCCC(O)C(O)c1nccc(C(=O)O)c1F. The molecule has 102 valence electrons. The number of azide groups is 1. The Hall–Kier alpha value is -2.22. The van der Waals surface area contributed by atoms with Crippen LogP contribution < -0.4 is 0 Å². The first-order valence-electron chi connectivity index (χ1n) is 5.23. The second-order valence-corrected chi connectivity index (χ2v) is 3.62. The van der Waals surface area contributed by atoms with Crippen LogP contribution in [0.5, 0.6) is 0 Å². The van der Waals surface area contributed by atoms with Crippen molar-refractivity contribution >= 4 is 5.97 Å². The molecule has 19 heavy (non-hydrogen) atoms. The minimum atomic E-state index is -1.70. The zero-order valence-electron chi connectivity index (χ0n) is 9.64. The lowest BCUT2D eigenvalue weighted by atomic mass is 10.0. The molecule has 9 heteroatoms. The largest absolute Gasteiger partial charge is 0.478 e. The highest BCUT2D eigenvalue weighted by Crippen LogP contribution is 2.22. The van der Waals surface area contributed by atoms with Gasteiger partial charge in [0.15, 0.2) is 5.82 Å². The van der Waals surface area contributed by atoms with Crippen LogP contribution in [-0.2, 0) is 0 Å². The molecular weight excluding hydrogens is 259 g/mol. The summed E-state index contributed by atoms with van der Waals surface area (Å²) in [6.07, 6.45) is -2.21. The van der Waals surface area contributed by atoms with Crippen LogP contribution in [0, 0.1) is 5.82 Å². The molecule has 8 nitrogen and oxygen atoms in total. The first-order valence-corrected chi connectivity index (χ1v) is 5.23. The summed E-state index contributed by atoms with van der Waals surface area (Å²) < 4.78 is 13.7. The minimum Gasteiger partial charge on any atom is -0.478 e. The van der Waals surface area contributed by atoms with Crippen LogP contribution in [0.3, 0.4) is 0 Å².